The van der Waals surface area contributed by atoms with Gasteiger partial charge in [-0.2, -0.15) is 0 Å². The molecule has 0 fully saturated rings. The molecule has 1 amide bonds. The van der Waals surface area contributed by atoms with E-state index in [4.69, 9.17) is 11.6 Å². The van der Waals surface area contributed by atoms with E-state index in [2.05, 4.69) is 17.2 Å². The molecule has 0 saturated heterocycles. The summed E-state index contributed by atoms with van der Waals surface area (Å²) in [6, 6.07) is 5.66. The number of hydrogen-bond acceptors (Lipinski definition) is 2. The lowest BCUT2D eigenvalue weighted by molar-refractivity contribution is 0.0957. The first-order valence-corrected chi connectivity index (χ1v) is 5.53. The molecule has 1 aliphatic rings. The van der Waals surface area contributed by atoms with E-state index in [1.54, 1.807) is 0 Å². The largest absolute Gasteiger partial charge is 0.384 e. The van der Waals surface area contributed by atoms with Crippen LogP contribution in [0.1, 0.15) is 15.9 Å². The van der Waals surface area contributed by atoms with E-state index in [1.807, 2.05) is 18.2 Å². The first kappa shape index (κ1) is 13.9. The predicted molar refractivity (Wildman–Crippen MR) is 73.2 cm³/mol. The molecule has 1 aromatic rings. The minimum Gasteiger partial charge on any atom is -0.384 e. The monoisotopic (exact) mass is 272 g/mol. The highest BCUT2D eigenvalue weighted by Gasteiger charge is 2.13. The topological polar surface area (TPSA) is 41.1 Å². The summed E-state index contributed by atoms with van der Waals surface area (Å²) in [6.07, 6.45) is 0.971. The fourth-order valence-corrected chi connectivity index (χ4v) is 1.79. The molecule has 1 aliphatic heterocycles. The van der Waals surface area contributed by atoms with Crippen molar-refractivity contribution < 1.29 is 4.79 Å². The summed E-state index contributed by atoms with van der Waals surface area (Å²) >= 11 is 5.58. The molecule has 0 saturated carbocycles. The lowest BCUT2D eigenvalue weighted by Gasteiger charge is -2.05. The molecule has 0 unspecified atom stereocenters. The Labute approximate surface area is 112 Å². The van der Waals surface area contributed by atoms with Crippen molar-refractivity contribution in [2.45, 2.75) is 6.42 Å². The van der Waals surface area contributed by atoms with Crippen LogP contribution in [0, 0.1) is 0 Å². The Morgan fingerprint density at radius 1 is 1.53 bits per heavy atom. The van der Waals surface area contributed by atoms with Gasteiger partial charge in [0.15, 0.2) is 0 Å². The van der Waals surface area contributed by atoms with E-state index in [9.17, 15) is 4.79 Å². The Balaban J connectivity index is 0.00000144. The summed E-state index contributed by atoms with van der Waals surface area (Å²) in [5.41, 5.74) is 2.98. The second kappa shape index (κ2) is 5.94. The fourth-order valence-electron chi connectivity index (χ4n) is 1.72. The summed E-state index contributed by atoms with van der Waals surface area (Å²) in [5, 5.41) is 6.38. The zero-order chi connectivity index (χ0) is 11.5. The Kier molecular flexibility index (Phi) is 4.85. The fraction of sp³-hybridized carbons (Fsp3) is 0.250. The highest BCUT2D eigenvalue weighted by Crippen LogP contribution is 2.22. The molecule has 1 heterocycles. The molecule has 2 N–H and O–H groups in total. The van der Waals surface area contributed by atoms with Gasteiger partial charge in [-0.3, -0.25) is 4.79 Å². The molecule has 5 heteroatoms. The van der Waals surface area contributed by atoms with Gasteiger partial charge in [0, 0.05) is 22.8 Å². The van der Waals surface area contributed by atoms with Crippen LogP contribution >= 0.6 is 24.0 Å². The van der Waals surface area contributed by atoms with E-state index < -0.39 is 0 Å². The standard InChI is InChI=1S/C12H13ClN2O.ClH/c1-8(13)7-15-12(16)10-2-3-11-9(6-10)4-5-14-11;/h2-3,6,14H,1,4-5,7H2,(H,15,16);1H. The van der Waals surface area contributed by atoms with E-state index in [0.29, 0.717) is 17.1 Å². The van der Waals surface area contributed by atoms with Crippen molar-refractivity contribution in [3.05, 3.63) is 40.9 Å². The Bertz CT molecular complexity index is 446. The zero-order valence-corrected chi connectivity index (χ0v) is 10.8. The number of fused-ring (bicyclic) bond motifs is 1. The van der Waals surface area contributed by atoms with Crippen LogP contribution in [0.4, 0.5) is 5.69 Å². The van der Waals surface area contributed by atoms with Crippen LogP contribution in [0.2, 0.25) is 0 Å². The second-order valence-corrected chi connectivity index (χ2v) is 4.28. The first-order valence-electron chi connectivity index (χ1n) is 5.15. The Hall–Kier alpha value is -1.19. The van der Waals surface area contributed by atoms with Gasteiger partial charge in [0.05, 0.1) is 6.54 Å². The number of benzene rings is 1. The Morgan fingerprint density at radius 2 is 2.29 bits per heavy atom. The van der Waals surface area contributed by atoms with Gasteiger partial charge in [0.2, 0.25) is 0 Å². The van der Waals surface area contributed by atoms with Gasteiger partial charge in [-0.05, 0) is 30.2 Å². The predicted octanol–water partition coefficient (Wildman–Crippen LogP) is 2.56. The third-order valence-electron chi connectivity index (χ3n) is 2.52. The molecule has 92 valence electrons. The third-order valence-corrected chi connectivity index (χ3v) is 2.65. The van der Waals surface area contributed by atoms with Crippen molar-refractivity contribution in [2.75, 3.05) is 18.4 Å². The van der Waals surface area contributed by atoms with Gasteiger partial charge in [-0.25, -0.2) is 0 Å². The molecule has 0 spiro atoms. The minimum atomic E-state index is -0.114. The van der Waals surface area contributed by atoms with Gasteiger partial charge in [-0.1, -0.05) is 18.2 Å². The van der Waals surface area contributed by atoms with Crippen LogP contribution in [0.3, 0.4) is 0 Å². The van der Waals surface area contributed by atoms with Crippen LogP contribution < -0.4 is 10.6 Å². The molecule has 0 atom stereocenters. The first-order chi connectivity index (χ1) is 7.66. The van der Waals surface area contributed by atoms with Crippen molar-refractivity contribution in [1.82, 2.24) is 5.32 Å². The molecule has 17 heavy (non-hydrogen) atoms. The highest BCUT2D eigenvalue weighted by molar-refractivity contribution is 6.29. The number of anilines is 1. The maximum absolute atomic E-state index is 11.7. The van der Waals surface area contributed by atoms with E-state index >= 15 is 0 Å². The van der Waals surface area contributed by atoms with Crippen LogP contribution in [-0.4, -0.2) is 19.0 Å². The molecule has 0 aromatic heterocycles. The van der Waals surface area contributed by atoms with Crippen molar-refractivity contribution in [3.8, 4) is 0 Å². The van der Waals surface area contributed by atoms with Gasteiger partial charge in [0.1, 0.15) is 0 Å². The van der Waals surface area contributed by atoms with Crippen molar-refractivity contribution in [2.24, 2.45) is 0 Å². The van der Waals surface area contributed by atoms with E-state index in [0.717, 1.165) is 18.7 Å². The van der Waals surface area contributed by atoms with Crippen LogP contribution in [0.25, 0.3) is 0 Å². The second-order valence-electron chi connectivity index (χ2n) is 3.75. The number of rotatable bonds is 3. The van der Waals surface area contributed by atoms with Crippen molar-refractivity contribution in [1.29, 1.82) is 0 Å². The number of carbonyl (C=O) groups is 1. The van der Waals surface area contributed by atoms with Crippen molar-refractivity contribution >= 4 is 35.6 Å². The molecule has 3 nitrogen and oxygen atoms in total. The normalized spacial score (nSPS) is 12.1. The number of hydrogen-bond donors (Lipinski definition) is 2. The third kappa shape index (κ3) is 3.38. The SMILES string of the molecule is C=C(Cl)CNC(=O)c1ccc2c(c1)CCN2.Cl. The summed E-state index contributed by atoms with van der Waals surface area (Å²) < 4.78 is 0. The van der Waals surface area contributed by atoms with Crippen LogP contribution in [-0.2, 0) is 6.42 Å². The molecule has 0 aliphatic carbocycles. The van der Waals surface area contributed by atoms with Gasteiger partial charge >= 0.3 is 0 Å². The maximum atomic E-state index is 11.7. The number of nitrogens with one attached hydrogen (secondary N) is 2. The Morgan fingerprint density at radius 3 is 3.00 bits per heavy atom. The smallest absolute Gasteiger partial charge is 0.251 e. The molecule has 2 rings (SSSR count). The lowest BCUT2D eigenvalue weighted by Crippen LogP contribution is -2.24. The van der Waals surface area contributed by atoms with E-state index in [-0.39, 0.29) is 18.3 Å². The quantitative estimate of drug-likeness (QED) is 0.888. The minimum absolute atomic E-state index is 0. The molecular weight excluding hydrogens is 259 g/mol. The number of carbonyl (C=O) groups excluding carboxylic acids is 1. The maximum Gasteiger partial charge on any atom is 0.251 e. The summed E-state index contributed by atoms with van der Waals surface area (Å²) in [7, 11) is 0. The summed E-state index contributed by atoms with van der Waals surface area (Å²) in [6.45, 7) is 4.76. The number of amides is 1. The van der Waals surface area contributed by atoms with Crippen LogP contribution in [0.5, 0.6) is 0 Å². The lowest BCUT2D eigenvalue weighted by atomic mass is 10.1. The zero-order valence-electron chi connectivity index (χ0n) is 9.25. The summed E-state index contributed by atoms with van der Waals surface area (Å²) in [5.74, 6) is -0.114. The van der Waals surface area contributed by atoms with Crippen molar-refractivity contribution in [3.63, 3.8) is 0 Å². The molecule has 1 aromatic carbocycles. The summed E-state index contributed by atoms with van der Waals surface area (Å²) in [4.78, 5) is 11.7. The highest BCUT2D eigenvalue weighted by atomic mass is 35.5. The van der Waals surface area contributed by atoms with Gasteiger partial charge < -0.3 is 10.6 Å². The van der Waals surface area contributed by atoms with Crippen LogP contribution in [0.15, 0.2) is 29.8 Å². The van der Waals surface area contributed by atoms with E-state index in [1.165, 1.54) is 5.56 Å². The molecular formula is C12H14Cl2N2O. The molecule has 0 bridgehead atoms. The number of halogens is 2. The van der Waals surface area contributed by atoms with Gasteiger partial charge in [-0.15, -0.1) is 12.4 Å². The molecule has 0 radical (unpaired) electrons. The average molecular weight is 273 g/mol. The average Bonchev–Trinajstić information content (AvgIpc) is 2.72. The van der Waals surface area contributed by atoms with Gasteiger partial charge in [0.25, 0.3) is 5.91 Å².